The maximum atomic E-state index is 12.6. The summed E-state index contributed by atoms with van der Waals surface area (Å²) in [4.78, 5) is 0.190. The number of alkyl halides is 2. The number of halogens is 2. The number of rotatable bonds is 5. The first-order chi connectivity index (χ1) is 9.88. The van der Waals surface area contributed by atoms with Gasteiger partial charge in [-0.15, -0.1) is 0 Å². The topological polar surface area (TPSA) is 46.2 Å². The van der Waals surface area contributed by atoms with Gasteiger partial charge in [0.25, 0.3) is 6.43 Å². The highest BCUT2D eigenvalue weighted by atomic mass is 32.2. The number of benzene rings is 2. The van der Waals surface area contributed by atoms with Crippen molar-refractivity contribution in [3.8, 4) is 0 Å². The summed E-state index contributed by atoms with van der Waals surface area (Å²) < 4.78 is 48.6. The minimum absolute atomic E-state index is 0.0503. The molecule has 0 saturated heterocycles. The standard InChI is InChI=1S/C15H15F2NO2S/c1-21(19,20)14-8-3-2-7-13(14)18-10-11-5-4-6-12(9-11)15(16)17/h2-9,15,18H,10H2,1H3. The largest absolute Gasteiger partial charge is 0.380 e. The summed E-state index contributed by atoms with van der Waals surface area (Å²) in [7, 11) is -3.34. The van der Waals surface area contributed by atoms with E-state index >= 15 is 0 Å². The Morgan fingerprint density at radius 2 is 1.81 bits per heavy atom. The average Bonchev–Trinajstić information content (AvgIpc) is 2.45. The second-order valence-electron chi connectivity index (χ2n) is 4.67. The average molecular weight is 311 g/mol. The van der Waals surface area contributed by atoms with E-state index in [0.29, 0.717) is 11.3 Å². The van der Waals surface area contributed by atoms with Crippen LogP contribution >= 0.6 is 0 Å². The van der Waals surface area contributed by atoms with Gasteiger partial charge in [-0.25, -0.2) is 17.2 Å². The van der Waals surface area contributed by atoms with Crippen molar-refractivity contribution in [3.63, 3.8) is 0 Å². The molecule has 0 radical (unpaired) electrons. The summed E-state index contributed by atoms with van der Waals surface area (Å²) in [5.74, 6) is 0. The lowest BCUT2D eigenvalue weighted by Gasteiger charge is -2.11. The van der Waals surface area contributed by atoms with Crippen LogP contribution in [0.1, 0.15) is 17.6 Å². The summed E-state index contributed by atoms with van der Waals surface area (Å²) in [5.41, 5.74) is 1.07. The Hall–Kier alpha value is -1.95. The van der Waals surface area contributed by atoms with E-state index in [2.05, 4.69) is 5.32 Å². The van der Waals surface area contributed by atoms with E-state index in [1.165, 1.54) is 18.2 Å². The van der Waals surface area contributed by atoms with Crippen LogP contribution in [0.3, 0.4) is 0 Å². The van der Waals surface area contributed by atoms with Crippen LogP contribution in [0.15, 0.2) is 53.4 Å². The van der Waals surface area contributed by atoms with Crippen molar-refractivity contribution in [1.29, 1.82) is 0 Å². The van der Waals surface area contributed by atoms with Crippen LogP contribution in [0.2, 0.25) is 0 Å². The number of hydrogen-bond acceptors (Lipinski definition) is 3. The van der Waals surface area contributed by atoms with Gasteiger partial charge in [-0.2, -0.15) is 0 Å². The van der Waals surface area contributed by atoms with Gasteiger partial charge in [-0.3, -0.25) is 0 Å². The molecule has 0 bridgehead atoms. The number of nitrogens with one attached hydrogen (secondary N) is 1. The number of para-hydroxylation sites is 1. The molecular weight excluding hydrogens is 296 g/mol. The van der Waals surface area contributed by atoms with Gasteiger partial charge in [0.05, 0.1) is 10.6 Å². The van der Waals surface area contributed by atoms with E-state index in [-0.39, 0.29) is 17.0 Å². The zero-order chi connectivity index (χ0) is 15.5. The third-order valence-corrected chi connectivity index (χ3v) is 4.13. The van der Waals surface area contributed by atoms with Gasteiger partial charge < -0.3 is 5.32 Å². The predicted molar refractivity (Wildman–Crippen MR) is 78.3 cm³/mol. The van der Waals surface area contributed by atoms with E-state index in [0.717, 1.165) is 6.26 Å². The molecule has 0 atom stereocenters. The Balaban J connectivity index is 2.19. The lowest BCUT2D eigenvalue weighted by Crippen LogP contribution is -2.06. The molecule has 0 aliphatic rings. The lowest BCUT2D eigenvalue weighted by molar-refractivity contribution is 0.151. The molecular formula is C15H15F2NO2S. The molecule has 0 heterocycles. The summed E-state index contributed by atoms with van der Waals surface area (Å²) in [6.45, 7) is 0.271. The van der Waals surface area contributed by atoms with Crippen molar-refractivity contribution in [2.45, 2.75) is 17.9 Å². The second kappa shape index (κ2) is 6.22. The zero-order valence-corrected chi connectivity index (χ0v) is 12.2. The number of hydrogen-bond donors (Lipinski definition) is 1. The van der Waals surface area contributed by atoms with Gasteiger partial charge in [-0.1, -0.05) is 30.3 Å². The molecule has 0 fully saturated rings. The smallest absolute Gasteiger partial charge is 0.263 e. The van der Waals surface area contributed by atoms with Crippen molar-refractivity contribution in [2.24, 2.45) is 0 Å². The fourth-order valence-electron chi connectivity index (χ4n) is 1.97. The van der Waals surface area contributed by atoms with Crippen LogP contribution in [0, 0.1) is 0 Å². The Labute approximate surface area is 122 Å². The number of sulfone groups is 1. The maximum absolute atomic E-state index is 12.6. The summed E-state index contributed by atoms with van der Waals surface area (Å²) >= 11 is 0. The highest BCUT2D eigenvalue weighted by molar-refractivity contribution is 7.90. The molecule has 0 amide bonds. The van der Waals surface area contributed by atoms with Crippen LogP contribution in [0.25, 0.3) is 0 Å². The Morgan fingerprint density at radius 1 is 1.10 bits per heavy atom. The molecule has 21 heavy (non-hydrogen) atoms. The van der Waals surface area contributed by atoms with E-state index in [9.17, 15) is 17.2 Å². The van der Waals surface area contributed by atoms with Gasteiger partial charge in [0.2, 0.25) is 0 Å². The van der Waals surface area contributed by atoms with Crippen LogP contribution in [-0.2, 0) is 16.4 Å². The molecule has 0 aliphatic carbocycles. The third kappa shape index (κ3) is 4.01. The summed E-state index contributed by atoms with van der Waals surface area (Å²) in [5, 5.41) is 2.98. The van der Waals surface area contributed by atoms with Crippen LogP contribution in [0.5, 0.6) is 0 Å². The Bertz CT molecular complexity index is 730. The molecule has 0 spiro atoms. The first kappa shape index (κ1) is 15.4. The van der Waals surface area contributed by atoms with Crippen molar-refractivity contribution in [1.82, 2.24) is 0 Å². The number of anilines is 1. The van der Waals surface area contributed by atoms with Crippen LogP contribution in [-0.4, -0.2) is 14.7 Å². The van der Waals surface area contributed by atoms with E-state index in [1.807, 2.05) is 0 Å². The highest BCUT2D eigenvalue weighted by Gasteiger charge is 2.12. The molecule has 2 aromatic rings. The van der Waals surface area contributed by atoms with Crippen molar-refractivity contribution in [3.05, 3.63) is 59.7 Å². The molecule has 0 saturated carbocycles. The molecule has 6 heteroatoms. The predicted octanol–water partition coefficient (Wildman–Crippen LogP) is 3.64. The minimum atomic E-state index is -3.34. The minimum Gasteiger partial charge on any atom is -0.380 e. The van der Waals surface area contributed by atoms with Crippen molar-refractivity contribution < 1.29 is 17.2 Å². The molecule has 0 unspecified atom stereocenters. The Kier molecular flexibility index (Phi) is 4.57. The summed E-state index contributed by atoms with van der Waals surface area (Å²) in [6.07, 6.45) is -1.39. The van der Waals surface area contributed by atoms with Crippen molar-refractivity contribution in [2.75, 3.05) is 11.6 Å². The Morgan fingerprint density at radius 3 is 2.48 bits per heavy atom. The SMILES string of the molecule is CS(=O)(=O)c1ccccc1NCc1cccc(C(F)F)c1. The van der Waals surface area contributed by atoms with Gasteiger partial charge in [0.1, 0.15) is 0 Å². The molecule has 0 aromatic heterocycles. The van der Waals surface area contributed by atoms with Gasteiger partial charge in [0, 0.05) is 18.4 Å². The van der Waals surface area contributed by atoms with Gasteiger partial charge >= 0.3 is 0 Å². The fraction of sp³-hybridized carbons (Fsp3) is 0.200. The van der Waals surface area contributed by atoms with Crippen LogP contribution in [0.4, 0.5) is 14.5 Å². The summed E-state index contributed by atoms with van der Waals surface area (Å²) in [6, 6.07) is 12.5. The van der Waals surface area contributed by atoms with Gasteiger partial charge in [0.15, 0.2) is 9.84 Å². The lowest BCUT2D eigenvalue weighted by atomic mass is 10.1. The maximum Gasteiger partial charge on any atom is 0.263 e. The highest BCUT2D eigenvalue weighted by Crippen LogP contribution is 2.23. The quantitative estimate of drug-likeness (QED) is 0.917. The van der Waals surface area contributed by atoms with E-state index in [1.54, 1.807) is 30.3 Å². The third-order valence-electron chi connectivity index (χ3n) is 2.97. The molecule has 2 rings (SSSR count). The fourth-order valence-corrected chi connectivity index (χ4v) is 2.84. The van der Waals surface area contributed by atoms with E-state index < -0.39 is 16.3 Å². The molecule has 2 aromatic carbocycles. The molecule has 0 aliphatic heterocycles. The molecule has 112 valence electrons. The van der Waals surface area contributed by atoms with Gasteiger partial charge in [-0.05, 0) is 23.8 Å². The van der Waals surface area contributed by atoms with Crippen LogP contribution < -0.4 is 5.32 Å². The second-order valence-corrected chi connectivity index (χ2v) is 6.65. The zero-order valence-electron chi connectivity index (χ0n) is 11.4. The van der Waals surface area contributed by atoms with Crippen molar-refractivity contribution >= 4 is 15.5 Å². The monoisotopic (exact) mass is 311 g/mol. The normalized spacial score (nSPS) is 11.6. The molecule has 1 N–H and O–H groups in total. The van der Waals surface area contributed by atoms with E-state index in [4.69, 9.17) is 0 Å². The first-order valence-electron chi connectivity index (χ1n) is 6.28. The first-order valence-corrected chi connectivity index (χ1v) is 8.17. The molecule has 3 nitrogen and oxygen atoms in total.